The Morgan fingerprint density at radius 3 is 2.09 bits per heavy atom. The van der Waals surface area contributed by atoms with E-state index in [4.69, 9.17) is 5.10 Å². The number of piperazine rings is 1. The third-order valence-electron chi connectivity index (χ3n) is 6.03. The fourth-order valence-electron chi connectivity index (χ4n) is 4.23. The normalized spacial score (nSPS) is 15.5. The third-order valence-corrected chi connectivity index (χ3v) is 7.76. The number of benzene rings is 3. The maximum atomic E-state index is 13.9. The average Bonchev–Trinajstić information content (AvgIpc) is 3.20. The SMILES string of the molecule is CN1CCN(/N=C/c2c(-c3ccccc3)n(S(=O)(=O)c3ccccc3)c3ccccc23)CC1. The molecule has 0 saturated carbocycles. The Balaban J connectivity index is 1.75. The fourth-order valence-corrected chi connectivity index (χ4v) is 5.81. The van der Waals surface area contributed by atoms with Gasteiger partial charge in [-0.3, -0.25) is 5.01 Å². The number of likely N-dealkylation sites (N-methyl/N-ethyl adjacent to an activating group) is 1. The topological polar surface area (TPSA) is 57.9 Å². The zero-order chi connectivity index (χ0) is 22.8. The molecule has 168 valence electrons. The van der Waals surface area contributed by atoms with Crippen LogP contribution in [0.2, 0.25) is 0 Å². The highest BCUT2D eigenvalue weighted by atomic mass is 32.2. The Labute approximate surface area is 194 Å². The first kappa shape index (κ1) is 21.4. The van der Waals surface area contributed by atoms with Crippen LogP contribution in [0.4, 0.5) is 0 Å². The summed E-state index contributed by atoms with van der Waals surface area (Å²) in [6.07, 6.45) is 1.83. The van der Waals surface area contributed by atoms with Crippen molar-refractivity contribution in [1.29, 1.82) is 0 Å². The quantitative estimate of drug-likeness (QED) is 0.422. The standard InChI is InChI=1S/C26H26N4O2S/c1-28-16-18-29(19-17-28)27-20-24-23-14-8-9-15-25(23)30(26(24)21-10-4-2-5-11-21)33(31,32)22-12-6-3-7-13-22/h2-15,20H,16-19H2,1H3/b27-20+. The molecule has 2 heterocycles. The van der Waals surface area contributed by atoms with Gasteiger partial charge in [-0.2, -0.15) is 5.10 Å². The summed E-state index contributed by atoms with van der Waals surface area (Å²) in [4.78, 5) is 2.53. The van der Waals surface area contributed by atoms with Crippen LogP contribution in [0, 0.1) is 0 Å². The van der Waals surface area contributed by atoms with E-state index < -0.39 is 10.0 Å². The van der Waals surface area contributed by atoms with E-state index in [-0.39, 0.29) is 4.90 Å². The third kappa shape index (κ3) is 4.05. The lowest BCUT2D eigenvalue weighted by Gasteiger charge is -2.30. The van der Waals surface area contributed by atoms with Crippen LogP contribution in [0.1, 0.15) is 5.56 Å². The van der Waals surface area contributed by atoms with Gasteiger partial charge in [0.15, 0.2) is 0 Å². The summed E-state index contributed by atoms with van der Waals surface area (Å²) in [6, 6.07) is 25.9. The van der Waals surface area contributed by atoms with Crippen molar-refractivity contribution in [3.63, 3.8) is 0 Å². The summed E-state index contributed by atoms with van der Waals surface area (Å²) in [7, 11) is -1.73. The summed E-state index contributed by atoms with van der Waals surface area (Å²) >= 11 is 0. The molecule has 0 bridgehead atoms. The van der Waals surface area contributed by atoms with Crippen molar-refractivity contribution < 1.29 is 8.42 Å². The van der Waals surface area contributed by atoms with E-state index in [0.717, 1.165) is 42.7 Å². The molecule has 6 nitrogen and oxygen atoms in total. The molecule has 3 aromatic carbocycles. The molecule has 1 aliphatic heterocycles. The van der Waals surface area contributed by atoms with Gasteiger partial charge in [-0.1, -0.05) is 66.7 Å². The Morgan fingerprint density at radius 1 is 0.788 bits per heavy atom. The molecule has 0 spiro atoms. The number of hydrazone groups is 1. The highest BCUT2D eigenvalue weighted by Gasteiger charge is 2.27. The summed E-state index contributed by atoms with van der Waals surface area (Å²) < 4.78 is 29.3. The Bertz CT molecular complexity index is 1390. The van der Waals surface area contributed by atoms with Crippen molar-refractivity contribution in [2.24, 2.45) is 5.10 Å². The average molecular weight is 459 g/mol. The minimum Gasteiger partial charge on any atom is -0.303 e. The summed E-state index contributed by atoms with van der Waals surface area (Å²) in [5.74, 6) is 0. The lowest BCUT2D eigenvalue weighted by molar-refractivity contribution is 0.159. The predicted molar refractivity (Wildman–Crippen MR) is 133 cm³/mol. The molecule has 1 fully saturated rings. The zero-order valence-electron chi connectivity index (χ0n) is 18.5. The molecular formula is C26H26N4O2S. The molecule has 0 N–H and O–H groups in total. The molecule has 0 unspecified atom stereocenters. The second-order valence-electron chi connectivity index (χ2n) is 8.23. The predicted octanol–water partition coefficient (Wildman–Crippen LogP) is 4.13. The fraction of sp³-hybridized carbons (Fsp3) is 0.192. The lowest BCUT2D eigenvalue weighted by Crippen LogP contribution is -2.41. The number of hydrogen-bond donors (Lipinski definition) is 0. The number of rotatable bonds is 5. The number of hydrogen-bond acceptors (Lipinski definition) is 5. The summed E-state index contributed by atoms with van der Waals surface area (Å²) in [5.41, 5.74) is 2.89. The van der Waals surface area contributed by atoms with Crippen molar-refractivity contribution >= 4 is 27.1 Å². The van der Waals surface area contributed by atoms with Gasteiger partial charge < -0.3 is 4.90 Å². The summed E-state index contributed by atoms with van der Waals surface area (Å²) in [5, 5.41) is 7.67. The van der Waals surface area contributed by atoms with E-state index >= 15 is 0 Å². The van der Waals surface area contributed by atoms with Gasteiger partial charge in [-0.25, -0.2) is 12.4 Å². The lowest BCUT2D eigenvalue weighted by atomic mass is 10.1. The van der Waals surface area contributed by atoms with Crippen molar-refractivity contribution in [2.45, 2.75) is 4.90 Å². The first-order valence-corrected chi connectivity index (χ1v) is 12.5. The Morgan fingerprint density at radius 2 is 1.39 bits per heavy atom. The number of fused-ring (bicyclic) bond motifs is 1. The van der Waals surface area contributed by atoms with Crippen LogP contribution in [0.15, 0.2) is 94.9 Å². The molecule has 5 rings (SSSR count). The molecule has 0 radical (unpaired) electrons. The molecule has 4 aromatic rings. The maximum Gasteiger partial charge on any atom is 0.268 e. The number of para-hydroxylation sites is 1. The van der Waals surface area contributed by atoms with Crippen LogP contribution in [0.5, 0.6) is 0 Å². The van der Waals surface area contributed by atoms with Crippen LogP contribution in [-0.2, 0) is 10.0 Å². The van der Waals surface area contributed by atoms with Crippen LogP contribution in [0.25, 0.3) is 22.2 Å². The molecule has 1 saturated heterocycles. The number of aromatic nitrogens is 1. The molecule has 0 amide bonds. The zero-order valence-corrected chi connectivity index (χ0v) is 19.3. The van der Waals surface area contributed by atoms with Gasteiger partial charge >= 0.3 is 0 Å². The van der Waals surface area contributed by atoms with Crippen LogP contribution in [0.3, 0.4) is 0 Å². The van der Waals surface area contributed by atoms with E-state index in [1.165, 1.54) is 3.97 Å². The molecule has 7 heteroatoms. The van der Waals surface area contributed by atoms with Gasteiger partial charge in [0.05, 0.1) is 22.3 Å². The van der Waals surface area contributed by atoms with E-state index in [1.54, 1.807) is 24.3 Å². The summed E-state index contributed by atoms with van der Waals surface area (Å²) in [6.45, 7) is 3.59. The maximum absolute atomic E-state index is 13.9. The van der Waals surface area contributed by atoms with Crippen molar-refractivity contribution in [1.82, 2.24) is 13.9 Å². The van der Waals surface area contributed by atoms with E-state index in [2.05, 4.69) is 11.9 Å². The van der Waals surface area contributed by atoms with E-state index in [0.29, 0.717) is 11.2 Å². The first-order chi connectivity index (χ1) is 16.1. The van der Waals surface area contributed by atoms with E-state index in [9.17, 15) is 8.42 Å². The van der Waals surface area contributed by atoms with E-state index in [1.807, 2.05) is 71.9 Å². The largest absolute Gasteiger partial charge is 0.303 e. The Kier molecular flexibility index (Phi) is 5.74. The molecule has 1 aromatic heterocycles. The van der Waals surface area contributed by atoms with Crippen molar-refractivity contribution in [3.8, 4) is 11.3 Å². The highest BCUT2D eigenvalue weighted by molar-refractivity contribution is 7.90. The first-order valence-electron chi connectivity index (χ1n) is 11.0. The minimum atomic E-state index is -3.84. The molecule has 0 aliphatic carbocycles. The van der Waals surface area contributed by atoms with Crippen LogP contribution >= 0.6 is 0 Å². The number of nitrogens with zero attached hydrogens (tertiary/aromatic N) is 4. The van der Waals surface area contributed by atoms with Gasteiger partial charge in [0.1, 0.15) is 0 Å². The molecule has 0 atom stereocenters. The second-order valence-corrected chi connectivity index (χ2v) is 10.0. The van der Waals surface area contributed by atoms with Gasteiger partial charge in [-0.15, -0.1) is 0 Å². The van der Waals surface area contributed by atoms with Gasteiger partial charge in [0, 0.05) is 37.1 Å². The molecule has 1 aliphatic rings. The monoisotopic (exact) mass is 458 g/mol. The van der Waals surface area contributed by atoms with Gasteiger partial charge in [0.2, 0.25) is 0 Å². The van der Waals surface area contributed by atoms with Gasteiger partial charge in [0.25, 0.3) is 10.0 Å². The van der Waals surface area contributed by atoms with Gasteiger partial charge in [-0.05, 0) is 30.8 Å². The van der Waals surface area contributed by atoms with Crippen molar-refractivity contribution in [2.75, 3.05) is 33.2 Å². The smallest absolute Gasteiger partial charge is 0.268 e. The minimum absolute atomic E-state index is 0.255. The Hall–Kier alpha value is -3.42. The molecular weight excluding hydrogens is 432 g/mol. The second kappa shape index (κ2) is 8.84. The van der Waals surface area contributed by atoms with Crippen LogP contribution < -0.4 is 0 Å². The highest BCUT2D eigenvalue weighted by Crippen LogP contribution is 2.36. The van der Waals surface area contributed by atoms with Crippen molar-refractivity contribution in [3.05, 3.63) is 90.5 Å². The van der Waals surface area contributed by atoms with Crippen LogP contribution in [-0.4, -0.2) is 61.7 Å². The molecule has 33 heavy (non-hydrogen) atoms.